The Hall–Kier alpha value is -2.27. The molecule has 0 radical (unpaired) electrons. The van der Waals surface area contributed by atoms with Gasteiger partial charge < -0.3 is 14.4 Å². The van der Waals surface area contributed by atoms with Crippen molar-refractivity contribution in [3.8, 4) is 11.5 Å². The molecular formula is C18H19ClN2O3. The van der Waals surface area contributed by atoms with E-state index in [1.807, 2.05) is 23.1 Å². The topological polar surface area (TPSA) is 51.7 Å². The number of aromatic nitrogens is 1. The summed E-state index contributed by atoms with van der Waals surface area (Å²) in [5.74, 6) is 1.38. The van der Waals surface area contributed by atoms with Gasteiger partial charge in [-0.25, -0.2) is 0 Å². The molecule has 0 N–H and O–H groups in total. The molecule has 24 heavy (non-hydrogen) atoms. The number of benzene rings is 1. The molecule has 0 spiro atoms. The van der Waals surface area contributed by atoms with Crippen LogP contribution in [-0.2, 0) is 0 Å². The van der Waals surface area contributed by atoms with Crippen molar-refractivity contribution >= 4 is 17.5 Å². The van der Waals surface area contributed by atoms with Gasteiger partial charge in [0.15, 0.2) is 0 Å². The lowest BCUT2D eigenvalue weighted by Crippen LogP contribution is -2.41. The summed E-state index contributed by atoms with van der Waals surface area (Å²) < 4.78 is 11.1. The van der Waals surface area contributed by atoms with Crippen LogP contribution in [0.15, 0.2) is 42.7 Å². The van der Waals surface area contributed by atoms with Gasteiger partial charge in [-0.05, 0) is 18.2 Å². The van der Waals surface area contributed by atoms with E-state index in [-0.39, 0.29) is 12.0 Å². The van der Waals surface area contributed by atoms with E-state index in [0.29, 0.717) is 35.2 Å². The number of piperidine rings is 1. The molecule has 1 aromatic heterocycles. The second kappa shape index (κ2) is 7.53. The smallest absolute Gasteiger partial charge is 0.253 e. The number of hydrogen-bond donors (Lipinski definition) is 0. The SMILES string of the molecule is COc1cccc(C(=O)N2CCC(Oc3cncc(Cl)c3)CC2)c1. The van der Waals surface area contributed by atoms with E-state index in [4.69, 9.17) is 21.1 Å². The van der Waals surface area contributed by atoms with Crippen LogP contribution in [0.25, 0.3) is 0 Å². The van der Waals surface area contributed by atoms with Crippen LogP contribution in [0.2, 0.25) is 5.02 Å². The maximum atomic E-state index is 12.6. The normalized spacial score (nSPS) is 15.2. The average Bonchev–Trinajstić information content (AvgIpc) is 2.62. The summed E-state index contributed by atoms with van der Waals surface area (Å²) in [5.41, 5.74) is 0.646. The van der Waals surface area contributed by atoms with Crippen molar-refractivity contribution in [2.45, 2.75) is 18.9 Å². The monoisotopic (exact) mass is 346 g/mol. The van der Waals surface area contributed by atoms with Crippen molar-refractivity contribution in [3.63, 3.8) is 0 Å². The number of hydrogen-bond acceptors (Lipinski definition) is 4. The van der Waals surface area contributed by atoms with Gasteiger partial charge in [-0.1, -0.05) is 17.7 Å². The summed E-state index contributed by atoms with van der Waals surface area (Å²) in [4.78, 5) is 18.4. The Morgan fingerprint density at radius 2 is 2.00 bits per heavy atom. The fourth-order valence-corrected chi connectivity index (χ4v) is 2.93. The molecule has 0 saturated carbocycles. The summed E-state index contributed by atoms with van der Waals surface area (Å²) in [6, 6.07) is 8.99. The average molecular weight is 347 g/mol. The van der Waals surface area contributed by atoms with Crippen LogP contribution in [0.1, 0.15) is 23.2 Å². The van der Waals surface area contributed by atoms with Crippen LogP contribution >= 0.6 is 11.6 Å². The molecule has 1 saturated heterocycles. The van der Waals surface area contributed by atoms with E-state index in [2.05, 4.69) is 4.98 Å². The highest BCUT2D eigenvalue weighted by Gasteiger charge is 2.25. The molecule has 2 aromatic rings. The number of carbonyl (C=O) groups is 1. The number of methoxy groups -OCH3 is 1. The van der Waals surface area contributed by atoms with Crippen molar-refractivity contribution in [1.82, 2.24) is 9.88 Å². The highest BCUT2D eigenvalue weighted by Crippen LogP contribution is 2.22. The molecule has 0 unspecified atom stereocenters. The van der Waals surface area contributed by atoms with Crippen LogP contribution in [0.5, 0.6) is 11.5 Å². The number of rotatable bonds is 4. The van der Waals surface area contributed by atoms with E-state index in [1.165, 1.54) is 0 Å². The van der Waals surface area contributed by atoms with Gasteiger partial charge in [-0.2, -0.15) is 0 Å². The first kappa shape index (κ1) is 16.6. The number of nitrogens with zero attached hydrogens (tertiary/aromatic N) is 2. The Labute approximate surface area is 146 Å². The van der Waals surface area contributed by atoms with Gasteiger partial charge in [0.1, 0.15) is 17.6 Å². The van der Waals surface area contributed by atoms with Crippen LogP contribution in [0.3, 0.4) is 0 Å². The molecular weight excluding hydrogens is 328 g/mol. The number of likely N-dealkylation sites (tertiary alicyclic amines) is 1. The Morgan fingerprint density at radius 3 is 2.71 bits per heavy atom. The number of ether oxygens (including phenoxy) is 2. The fourth-order valence-electron chi connectivity index (χ4n) is 2.76. The fraction of sp³-hybridized carbons (Fsp3) is 0.333. The second-order valence-electron chi connectivity index (χ2n) is 5.68. The van der Waals surface area contributed by atoms with E-state index in [1.54, 1.807) is 31.6 Å². The van der Waals surface area contributed by atoms with Gasteiger partial charge in [0.25, 0.3) is 5.91 Å². The minimum Gasteiger partial charge on any atom is -0.497 e. The summed E-state index contributed by atoms with van der Waals surface area (Å²) in [6.07, 6.45) is 4.85. The van der Waals surface area contributed by atoms with Crippen LogP contribution in [0.4, 0.5) is 0 Å². The van der Waals surface area contributed by atoms with Gasteiger partial charge in [-0.15, -0.1) is 0 Å². The molecule has 1 aliphatic heterocycles. The molecule has 2 heterocycles. The summed E-state index contributed by atoms with van der Waals surface area (Å²) >= 11 is 5.91. The highest BCUT2D eigenvalue weighted by molar-refractivity contribution is 6.30. The molecule has 126 valence electrons. The highest BCUT2D eigenvalue weighted by atomic mass is 35.5. The third kappa shape index (κ3) is 3.97. The van der Waals surface area contributed by atoms with Gasteiger partial charge in [0, 0.05) is 43.8 Å². The predicted molar refractivity (Wildman–Crippen MR) is 91.8 cm³/mol. The van der Waals surface area contributed by atoms with Crippen LogP contribution in [0, 0.1) is 0 Å². The lowest BCUT2D eigenvalue weighted by Gasteiger charge is -2.32. The quantitative estimate of drug-likeness (QED) is 0.851. The zero-order chi connectivity index (χ0) is 16.9. The lowest BCUT2D eigenvalue weighted by molar-refractivity contribution is 0.0594. The molecule has 0 bridgehead atoms. The molecule has 3 rings (SSSR count). The first-order valence-electron chi connectivity index (χ1n) is 7.86. The minimum absolute atomic E-state index is 0.0248. The number of amides is 1. The lowest BCUT2D eigenvalue weighted by atomic mass is 10.1. The third-order valence-corrected chi connectivity index (χ3v) is 4.24. The van der Waals surface area contributed by atoms with Crippen LogP contribution < -0.4 is 9.47 Å². The van der Waals surface area contributed by atoms with E-state index in [0.717, 1.165) is 12.8 Å². The molecule has 6 heteroatoms. The zero-order valence-electron chi connectivity index (χ0n) is 13.4. The molecule has 1 aromatic carbocycles. The largest absolute Gasteiger partial charge is 0.497 e. The Balaban J connectivity index is 1.57. The van der Waals surface area contributed by atoms with E-state index in [9.17, 15) is 4.79 Å². The number of carbonyl (C=O) groups excluding carboxylic acids is 1. The van der Waals surface area contributed by atoms with Crippen LogP contribution in [-0.4, -0.2) is 42.1 Å². The molecule has 1 aliphatic rings. The summed E-state index contributed by atoms with van der Waals surface area (Å²) in [5, 5.41) is 0.554. The first-order valence-corrected chi connectivity index (χ1v) is 8.24. The maximum absolute atomic E-state index is 12.6. The maximum Gasteiger partial charge on any atom is 0.253 e. The minimum atomic E-state index is 0.0248. The number of halogens is 1. The molecule has 5 nitrogen and oxygen atoms in total. The molecule has 0 aliphatic carbocycles. The molecule has 0 atom stereocenters. The standard InChI is InChI=1S/C18H19ClN2O3/c1-23-16-4-2-3-13(9-16)18(22)21-7-5-15(6-8-21)24-17-10-14(19)11-20-12-17/h2-4,9-12,15H,5-8H2,1H3. The molecule has 1 amide bonds. The number of pyridine rings is 1. The van der Waals surface area contributed by atoms with Crippen molar-refractivity contribution in [1.29, 1.82) is 0 Å². The van der Waals surface area contributed by atoms with E-state index < -0.39 is 0 Å². The Kier molecular flexibility index (Phi) is 5.20. The predicted octanol–water partition coefficient (Wildman–Crippen LogP) is 3.43. The second-order valence-corrected chi connectivity index (χ2v) is 6.12. The zero-order valence-corrected chi connectivity index (χ0v) is 14.2. The van der Waals surface area contributed by atoms with Crippen molar-refractivity contribution in [2.24, 2.45) is 0 Å². The van der Waals surface area contributed by atoms with E-state index >= 15 is 0 Å². The van der Waals surface area contributed by atoms with Crippen molar-refractivity contribution in [3.05, 3.63) is 53.3 Å². The van der Waals surface area contributed by atoms with Gasteiger partial charge in [-0.3, -0.25) is 9.78 Å². The van der Waals surface area contributed by atoms with Gasteiger partial charge in [0.05, 0.1) is 18.3 Å². The van der Waals surface area contributed by atoms with Crippen molar-refractivity contribution in [2.75, 3.05) is 20.2 Å². The summed E-state index contributed by atoms with van der Waals surface area (Å²) in [7, 11) is 1.59. The third-order valence-electron chi connectivity index (χ3n) is 4.03. The Morgan fingerprint density at radius 1 is 1.21 bits per heavy atom. The molecule has 1 fully saturated rings. The Bertz CT molecular complexity index is 715. The van der Waals surface area contributed by atoms with Gasteiger partial charge >= 0.3 is 0 Å². The van der Waals surface area contributed by atoms with Gasteiger partial charge in [0.2, 0.25) is 0 Å². The first-order chi connectivity index (χ1) is 11.7. The van der Waals surface area contributed by atoms with Crippen molar-refractivity contribution < 1.29 is 14.3 Å². The summed E-state index contributed by atoms with van der Waals surface area (Å²) in [6.45, 7) is 1.32.